The first-order valence-electron chi connectivity index (χ1n) is 11.2. The van der Waals surface area contributed by atoms with Gasteiger partial charge < -0.3 is 19.3 Å². The number of rotatable bonds is 5. The minimum atomic E-state index is -3.97. The van der Waals surface area contributed by atoms with Gasteiger partial charge in [-0.15, -0.1) is 0 Å². The lowest BCUT2D eigenvalue weighted by atomic mass is 9.94. The number of primary sulfonamides is 1. The molecule has 10 nitrogen and oxygen atoms in total. The number of hydrogen-bond acceptors (Lipinski definition) is 8. The van der Waals surface area contributed by atoms with Gasteiger partial charge in [0.15, 0.2) is 11.5 Å². The van der Waals surface area contributed by atoms with E-state index in [9.17, 15) is 23.1 Å². The van der Waals surface area contributed by atoms with Gasteiger partial charge in [0.25, 0.3) is 11.7 Å². The van der Waals surface area contributed by atoms with Crippen LogP contribution in [0.15, 0.2) is 77.2 Å². The van der Waals surface area contributed by atoms with E-state index >= 15 is 0 Å². The van der Waals surface area contributed by atoms with Crippen molar-refractivity contribution in [2.75, 3.05) is 25.2 Å². The molecule has 2 heterocycles. The van der Waals surface area contributed by atoms with Gasteiger partial charge in [0.2, 0.25) is 10.0 Å². The zero-order valence-corrected chi connectivity index (χ0v) is 20.4. The average molecular weight is 523 g/mol. The monoisotopic (exact) mass is 522 g/mol. The topological polar surface area (TPSA) is 145 Å². The number of nitrogens with two attached hydrogens (primary N) is 1. The molecule has 1 amide bonds. The quantitative estimate of drug-likeness (QED) is 0.296. The number of sulfonamides is 1. The molecule has 0 saturated carbocycles. The predicted molar refractivity (Wildman–Crippen MR) is 133 cm³/mol. The summed E-state index contributed by atoms with van der Waals surface area (Å²) >= 11 is 0. The van der Waals surface area contributed by atoms with Crippen LogP contribution in [0.4, 0.5) is 5.69 Å². The summed E-state index contributed by atoms with van der Waals surface area (Å²) in [7, 11) is -2.48. The fourth-order valence-corrected chi connectivity index (χ4v) is 4.88. The van der Waals surface area contributed by atoms with Crippen molar-refractivity contribution in [3.63, 3.8) is 0 Å². The zero-order chi connectivity index (χ0) is 26.3. The van der Waals surface area contributed by atoms with E-state index in [0.29, 0.717) is 36.0 Å². The smallest absolute Gasteiger partial charge is 0.300 e. The van der Waals surface area contributed by atoms with E-state index in [1.165, 1.54) is 36.3 Å². The van der Waals surface area contributed by atoms with E-state index in [-0.39, 0.29) is 21.7 Å². The maximum Gasteiger partial charge on any atom is 0.300 e. The maximum absolute atomic E-state index is 13.3. The van der Waals surface area contributed by atoms with Crippen LogP contribution < -0.4 is 24.2 Å². The van der Waals surface area contributed by atoms with Gasteiger partial charge in [-0.3, -0.25) is 14.5 Å². The first-order chi connectivity index (χ1) is 17.7. The Bertz CT molecular complexity index is 1550. The minimum Gasteiger partial charge on any atom is -0.507 e. The average Bonchev–Trinajstić information content (AvgIpc) is 3.17. The van der Waals surface area contributed by atoms with E-state index < -0.39 is 33.5 Å². The lowest BCUT2D eigenvalue weighted by Crippen LogP contribution is -2.29. The number of nitrogens with zero attached hydrogens (tertiary/aromatic N) is 1. The van der Waals surface area contributed by atoms with Crippen LogP contribution in [-0.4, -0.2) is 45.5 Å². The van der Waals surface area contributed by atoms with Crippen LogP contribution >= 0.6 is 0 Å². The number of amides is 1. The second kappa shape index (κ2) is 9.26. The number of ketones is 1. The highest BCUT2D eigenvalue weighted by molar-refractivity contribution is 7.89. The van der Waals surface area contributed by atoms with Gasteiger partial charge in [0.1, 0.15) is 24.7 Å². The van der Waals surface area contributed by atoms with Crippen LogP contribution in [0.5, 0.6) is 17.2 Å². The Morgan fingerprint density at radius 1 is 1.00 bits per heavy atom. The second-order valence-corrected chi connectivity index (χ2v) is 9.90. The number of aliphatic hydroxyl groups excluding tert-OH is 1. The van der Waals surface area contributed by atoms with E-state index in [4.69, 9.17) is 19.3 Å². The van der Waals surface area contributed by atoms with E-state index in [2.05, 4.69) is 0 Å². The molecule has 1 fully saturated rings. The highest BCUT2D eigenvalue weighted by Crippen LogP contribution is 2.44. The fourth-order valence-electron chi connectivity index (χ4n) is 4.37. The van der Waals surface area contributed by atoms with Crippen molar-refractivity contribution in [1.82, 2.24) is 0 Å². The van der Waals surface area contributed by atoms with Gasteiger partial charge >= 0.3 is 0 Å². The Hall–Kier alpha value is -4.35. The first kappa shape index (κ1) is 24.3. The Morgan fingerprint density at radius 2 is 1.70 bits per heavy atom. The lowest BCUT2D eigenvalue weighted by Gasteiger charge is -2.26. The van der Waals surface area contributed by atoms with Crippen LogP contribution in [0.1, 0.15) is 17.2 Å². The van der Waals surface area contributed by atoms with Crippen LogP contribution in [0.25, 0.3) is 5.76 Å². The highest BCUT2D eigenvalue weighted by atomic mass is 32.2. The molecule has 0 radical (unpaired) electrons. The molecule has 0 bridgehead atoms. The third kappa shape index (κ3) is 4.39. The van der Waals surface area contributed by atoms with Crippen molar-refractivity contribution in [3.05, 3.63) is 83.4 Å². The maximum atomic E-state index is 13.3. The molecule has 1 unspecified atom stereocenters. The van der Waals surface area contributed by atoms with E-state index in [0.717, 1.165) is 0 Å². The SMILES string of the molecule is COc1cccc(C2/C(=C(/O)c3ccc4c(c3)OCCO4)C(=O)C(=O)N2c2ccc(S(N)(=O)=O)cc2)c1. The van der Waals surface area contributed by atoms with Gasteiger partial charge in [-0.05, 0) is 60.2 Å². The van der Waals surface area contributed by atoms with E-state index in [1.807, 2.05) is 0 Å². The molecular weight excluding hydrogens is 500 g/mol. The molecule has 2 aliphatic rings. The standard InChI is InChI=1S/C26H22N2O8S/c1-34-18-4-2-3-15(13-18)23-22(24(29)16-5-10-20-21(14-16)36-12-11-35-20)25(30)26(31)28(23)17-6-8-19(9-7-17)37(27,32)33/h2-10,13-14,23,29H,11-12H2,1H3,(H2,27,32,33)/b24-22-. The number of fused-ring (bicyclic) bond motifs is 1. The number of ether oxygens (including phenoxy) is 3. The molecule has 190 valence electrons. The summed E-state index contributed by atoms with van der Waals surface area (Å²) < 4.78 is 39.9. The fraction of sp³-hybridized carbons (Fsp3) is 0.154. The summed E-state index contributed by atoms with van der Waals surface area (Å²) in [6.07, 6.45) is 0. The number of anilines is 1. The molecule has 5 rings (SSSR count). The summed E-state index contributed by atoms with van der Waals surface area (Å²) in [6.45, 7) is 0.726. The number of aliphatic hydroxyl groups is 1. The van der Waals surface area contributed by atoms with Gasteiger partial charge in [0.05, 0.1) is 23.6 Å². The number of carbonyl (C=O) groups is 2. The molecular formula is C26H22N2O8S. The van der Waals surface area contributed by atoms with Crippen LogP contribution in [0, 0.1) is 0 Å². The predicted octanol–water partition coefficient (Wildman–Crippen LogP) is 2.74. The molecule has 1 saturated heterocycles. The third-order valence-corrected chi connectivity index (χ3v) is 7.04. The van der Waals surface area contributed by atoms with Crippen molar-refractivity contribution in [3.8, 4) is 17.2 Å². The molecule has 3 aromatic rings. The summed E-state index contributed by atoms with van der Waals surface area (Å²) in [4.78, 5) is 27.7. The van der Waals surface area contributed by atoms with Gasteiger partial charge in [-0.2, -0.15) is 0 Å². The van der Waals surface area contributed by atoms with Crippen molar-refractivity contribution in [1.29, 1.82) is 0 Å². The molecule has 37 heavy (non-hydrogen) atoms. The lowest BCUT2D eigenvalue weighted by molar-refractivity contribution is -0.132. The van der Waals surface area contributed by atoms with Crippen LogP contribution in [0.2, 0.25) is 0 Å². The van der Waals surface area contributed by atoms with Gasteiger partial charge in [0, 0.05) is 11.3 Å². The summed E-state index contributed by atoms with van der Waals surface area (Å²) in [6, 6.07) is 15.7. The van der Waals surface area contributed by atoms with Crippen LogP contribution in [-0.2, 0) is 19.6 Å². The summed E-state index contributed by atoms with van der Waals surface area (Å²) in [5.74, 6) is -0.812. The molecule has 0 spiro atoms. The van der Waals surface area contributed by atoms with Crippen LogP contribution in [0.3, 0.4) is 0 Å². The number of Topliss-reactive ketones (excluding diaryl/α,β-unsaturated/α-hetero) is 1. The van der Waals surface area contributed by atoms with Crippen molar-refractivity contribution >= 4 is 33.2 Å². The first-order valence-corrected chi connectivity index (χ1v) is 12.7. The van der Waals surface area contributed by atoms with E-state index in [1.54, 1.807) is 42.5 Å². The number of carbonyl (C=O) groups excluding carboxylic acids is 2. The summed E-state index contributed by atoms with van der Waals surface area (Å²) in [5, 5.41) is 16.5. The van der Waals surface area contributed by atoms with Crippen molar-refractivity contribution in [2.45, 2.75) is 10.9 Å². The van der Waals surface area contributed by atoms with Crippen molar-refractivity contribution < 1.29 is 37.3 Å². The number of benzene rings is 3. The highest BCUT2D eigenvalue weighted by Gasteiger charge is 2.47. The third-order valence-electron chi connectivity index (χ3n) is 6.11. The second-order valence-electron chi connectivity index (χ2n) is 8.34. The normalized spacial score (nSPS) is 18.6. The Kier molecular flexibility index (Phi) is 6.10. The Morgan fingerprint density at radius 3 is 2.38 bits per heavy atom. The molecule has 11 heteroatoms. The molecule has 0 aliphatic carbocycles. The molecule has 3 aromatic carbocycles. The molecule has 1 atom stereocenters. The molecule has 3 N–H and O–H groups in total. The molecule has 0 aromatic heterocycles. The number of methoxy groups -OCH3 is 1. The number of hydrogen-bond donors (Lipinski definition) is 2. The zero-order valence-electron chi connectivity index (χ0n) is 19.6. The largest absolute Gasteiger partial charge is 0.507 e. The van der Waals surface area contributed by atoms with Crippen molar-refractivity contribution in [2.24, 2.45) is 5.14 Å². The Balaban J connectivity index is 1.68. The van der Waals surface area contributed by atoms with Gasteiger partial charge in [-0.1, -0.05) is 12.1 Å². The minimum absolute atomic E-state index is 0.148. The summed E-state index contributed by atoms with van der Waals surface area (Å²) in [5.41, 5.74) is 0.849. The molecule has 2 aliphatic heterocycles. The van der Waals surface area contributed by atoms with Gasteiger partial charge in [-0.25, -0.2) is 13.6 Å². The Labute approximate surface area is 212 Å².